The molecule has 0 radical (unpaired) electrons. The molecule has 66 valence electrons. The zero-order chi connectivity index (χ0) is 8.97. The summed E-state index contributed by atoms with van der Waals surface area (Å²) in [5, 5.41) is 1.11. The van der Waals surface area contributed by atoms with Gasteiger partial charge >= 0.3 is 0 Å². The first kappa shape index (κ1) is 9.61. The molecule has 0 unspecified atom stereocenters. The summed E-state index contributed by atoms with van der Waals surface area (Å²) in [6, 6.07) is 0. The second-order valence-corrected chi connectivity index (χ2v) is 3.67. The van der Waals surface area contributed by atoms with Crippen LogP contribution in [0.15, 0.2) is 11.4 Å². The second-order valence-electron chi connectivity index (χ2n) is 2.23. The quantitative estimate of drug-likeness (QED) is 0.605. The summed E-state index contributed by atoms with van der Waals surface area (Å²) in [5.41, 5.74) is 6.13. The van der Waals surface area contributed by atoms with Crippen LogP contribution in [0.4, 0.5) is 5.69 Å². The van der Waals surface area contributed by atoms with E-state index < -0.39 is 0 Å². The Morgan fingerprint density at radius 1 is 1.58 bits per heavy atom. The predicted molar refractivity (Wildman–Crippen MR) is 52.5 cm³/mol. The van der Waals surface area contributed by atoms with Gasteiger partial charge in [-0.2, -0.15) is 0 Å². The smallest absolute Gasteiger partial charge is 0.156 e. The van der Waals surface area contributed by atoms with Crippen molar-refractivity contribution in [2.24, 2.45) is 0 Å². The Kier molecular flexibility index (Phi) is 3.62. The Bertz CT molecular complexity index is 267. The molecule has 1 aromatic heterocycles. The lowest BCUT2D eigenvalue weighted by Crippen LogP contribution is -1.95. The lowest BCUT2D eigenvalue weighted by Gasteiger charge is -2.02. The van der Waals surface area contributed by atoms with Crippen LogP contribution in [0.1, 0.15) is 13.3 Å². The minimum absolute atomic E-state index is 0.337. The second kappa shape index (κ2) is 4.52. The molecular formula is C7H10ClN3S. The molecule has 0 saturated carbocycles. The highest BCUT2D eigenvalue weighted by atomic mass is 35.5. The lowest BCUT2D eigenvalue weighted by atomic mass is 10.6. The van der Waals surface area contributed by atoms with Gasteiger partial charge in [-0.3, -0.25) is 0 Å². The Labute approximate surface area is 80.7 Å². The van der Waals surface area contributed by atoms with Crippen molar-refractivity contribution in [3.05, 3.63) is 11.5 Å². The molecule has 0 aliphatic carbocycles. The number of hydrogen-bond acceptors (Lipinski definition) is 4. The summed E-state index contributed by atoms with van der Waals surface area (Å²) >= 11 is 7.30. The van der Waals surface area contributed by atoms with Crippen molar-refractivity contribution in [2.45, 2.75) is 18.4 Å². The zero-order valence-corrected chi connectivity index (χ0v) is 8.32. The molecule has 0 fully saturated rings. The third-order valence-corrected chi connectivity index (χ3v) is 2.75. The maximum absolute atomic E-state index is 5.70. The first-order valence-corrected chi connectivity index (χ1v) is 5.00. The van der Waals surface area contributed by atoms with E-state index in [1.807, 2.05) is 0 Å². The van der Waals surface area contributed by atoms with Crippen molar-refractivity contribution in [3.63, 3.8) is 0 Å². The number of hydrogen-bond donors (Lipinski definition) is 1. The highest BCUT2D eigenvalue weighted by molar-refractivity contribution is 7.99. The van der Waals surface area contributed by atoms with E-state index in [1.54, 1.807) is 11.8 Å². The molecule has 0 amide bonds. The van der Waals surface area contributed by atoms with E-state index >= 15 is 0 Å². The molecule has 5 heteroatoms. The van der Waals surface area contributed by atoms with Crippen molar-refractivity contribution in [1.29, 1.82) is 0 Å². The molecule has 12 heavy (non-hydrogen) atoms. The summed E-state index contributed by atoms with van der Waals surface area (Å²) in [4.78, 5) is 7.78. The largest absolute Gasteiger partial charge is 0.394 e. The van der Waals surface area contributed by atoms with Gasteiger partial charge in [0.1, 0.15) is 17.0 Å². The first-order valence-electron chi connectivity index (χ1n) is 3.64. The van der Waals surface area contributed by atoms with E-state index in [1.165, 1.54) is 6.33 Å². The molecule has 0 atom stereocenters. The maximum Gasteiger partial charge on any atom is 0.156 e. The summed E-state index contributed by atoms with van der Waals surface area (Å²) in [7, 11) is 0. The summed E-state index contributed by atoms with van der Waals surface area (Å²) in [5.74, 6) is 0.998. The SMILES string of the molecule is CCCSc1ncnc(Cl)c1N. The van der Waals surface area contributed by atoms with Crippen LogP contribution in [0, 0.1) is 0 Å². The number of aromatic nitrogens is 2. The number of rotatable bonds is 3. The van der Waals surface area contributed by atoms with Gasteiger partial charge < -0.3 is 5.73 Å². The third kappa shape index (κ3) is 2.25. The van der Waals surface area contributed by atoms with Crippen LogP contribution in [0.2, 0.25) is 5.15 Å². The van der Waals surface area contributed by atoms with Gasteiger partial charge in [-0.15, -0.1) is 11.8 Å². The van der Waals surface area contributed by atoms with Crippen LogP contribution in [0.3, 0.4) is 0 Å². The first-order chi connectivity index (χ1) is 5.75. The Hall–Kier alpha value is -0.480. The summed E-state index contributed by atoms with van der Waals surface area (Å²) < 4.78 is 0. The molecule has 0 aliphatic rings. The van der Waals surface area contributed by atoms with Crippen LogP contribution in [0.25, 0.3) is 0 Å². The predicted octanol–water partition coefficient (Wildman–Crippen LogP) is 2.21. The molecule has 1 aromatic rings. The van der Waals surface area contributed by atoms with Crippen LogP contribution >= 0.6 is 23.4 Å². The molecule has 0 spiro atoms. The fraction of sp³-hybridized carbons (Fsp3) is 0.429. The van der Waals surface area contributed by atoms with Gasteiger partial charge in [-0.05, 0) is 12.2 Å². The molecule has 1 heterocycles. The van der Waals surface area contributed by atoms with Crippen molar-refractivity contribution < 1.29 is 0 Å². The Morgan fingerprint density at radius 3 is 3.00 bits per heavy atom. The number of nitrogen functional groups attached to an aromatic ring is 1. The molecule has 2 N–H and O–H groups in total. The van der Waals surface area contributed by atoms with Crippen molar-refractivity contribution in [2.75, 3.05) is 11.5 Å². The fourth-order valence-corrected chi connectivity index (χ4v) is 1.63. The van der Waals surface area contributed by atoms with Gasteiger partial charge in [0.25, 0.3) is 0 Å². The number of thioether (sulfide) groups is 1. The zero-order valence-electron chi connectivity index (χ0n) is 6.75. The van der Waals surface area contributed by atoms with E-state index in [9.17, 15) is 0 Å². The van der Waals surface area contributed by atoms with Gasteiger partial charge in [0.15, 0.2) is 5.15 Å². The van der Waals surface area contributed by atoms with Gasteiger partial charge in [-0.1, -0.05) is 18.5 Å². The minimum Gasteiger partial charge on any atom is -0.394 e. The minimum atomic E-state index is 0.337. The van der Waals surface area contributed by atoms with Gasteiger partial charge in [0.05, 0.1) is 0 Å². The average Bonchev–Trinajstić information content (AvgIpc) is 2.08. The normalized spacial score (nSPS) is 10.2. The number of halogens is 1. The lowest BCUT2D eigenvalue weighted by molar-refractivity contribution is 1.04. The highest BCUT2D eigenvalue weighted by Crippen LogP contribution is 2.26. The molecule has 0 aromatic carbocycles. The molecule has 0 bridgehead atoms. The molecule has 3 nitrogen and oxygen atoms in total. The van der Waals surface area contributed by atoms with Crippen LogP contribution in [-0.2, 0) is 0 Å². The van der Waals surface area contributed by atoms with E-state index in [0.717, 1.165) is 17.2 Å². The van der Waals surface area contributed by atoms with E-state index in [2.05, 4.69) is 16.9 Å². The van der Waals surface area contributed by atoms with Gasteiger partial charge in [0, 0.05) is 0 Å². The average molecular weight is 204 g/mol. The van der Waals surface area contributed by atoms with Gasteiger partial charge in [-0.25, -0.2) is 9.97 Å². The maximum atomic E-state index is 5.70. The van der Waals surface area contributed by atoms with E-state index in [4.69, 9.17) is 17.3 Å². The Morgan fingerprint density at radius 2 is 2.33 bits per heavy atom. The molecule has 0 saturated heterocycles. The number of anilines is 1. The highest BCUT2D eigenvalue weighted by Gasteiger charge is 2.04. The van der Waals surface area contributed by atoms with Crippen molar-refractivity contribution in [3.8, 4) is 0 Å². The molecule has 0 aliphatic heterocycles. The van der Waals surface area contributed by atoms with Crippen LogP contribution in [0.5, 0.6) is 0 Å². The fourth-order valence-electron chi connectivity index (χ4n) is 0.673. The van der Waals surface area contributed by atoms with Crippen molar-refractivity contribution >= 4 is 29.1 Å². The number of nitrogens with zero attached hydrogens (tertiary/aromatic N) is 2. The van der Waals surface area contributed by atoms with Crippen LogP contribution in [-0.4, -0.2) is 15.7 Å². The molecule has 1 rings (SSSR count). The monoisotopic (exact) mass is 203 g/mol. The summed E-state index contributed by atoms with van der Waals surface area (Å²) in [6.07, 6.45) is 2.52. The standard InChI is InChI=1S/C7H10ClN3S/c1-2-3-12-7-5(9)6(8)10-4-11-7/h4H,2-3,9H2,1H3. The van der Waals surface area contributed by atoms with E-state index in [-0.39, 0.29) is 0 Å². The van der Waals surface area contributed by atoms with Gasteiger partial charge in [0.2, 0.25) is 0 Å². The third-order valence-electron chi connectivity index (χ3n) is 1.24. The number of nitrogens with two attached hydrogens (primary N) is 1. The van der Waals surface area contributed by atoms with Crippen LogP contribution < -0.4 is 5.73 Å². The Balaban J connectivity index is 2.78. The molecular weight excluding hydrogens is 194 g/mol. The summed E-state index contributed by atoms with van der Waals surface area (Å²) in [6.45, 7) is 2.10. The van der Waals surface area contributed by atoms with E-state index in [0.29, 0.717) is 10.8 Å². The topological polar surface area (TPSA) is 51.8 Å². The van der Waals surface area contributed by atoms with Crippen molar-refractivity contribution in [1.82, 2.24) is 9.97 Å².